The Kier molecular flexibility index (Phi) is 7.89. The van der Waals surface area contributed by atoms with Crippen molar-refractivity contribution >= 4 is 23.0 Å². The highest BCUT2D eigenvalue weighted by Gasteiger charge is 2.08. The highest BCUT2D eigenvalue weighted by atomic mass is 16.5. The molecule has 0 atom stereocenters. The Morgan fingerprint density at radius 3 is 2.50 bits per heavy atom. The van der Waals surface area contributed by atoms with Gasteiger partial charge in [0.05, 0.1) is 11.3 Å². The number of ether oxygens (including phenoxy) is 1. The first-order valence-corrected chi connectivity index (χ1v) is 9.02. The molecule has 6 heteroatoms. The fourth-order valence-corrected chi connectivity index (χ4v) is 2.66. The van der Waals surface area contributed by atoms with E-state index in [-0.39, 0.29) is 5.91 Å². The maximum Gasteiger partial charge on any atom is 0.257 e. The molecule has 0 aliphatic rings. The number of hydrogen-bond donors (Lipinski definition) is 2. The lowest BCUT2D eigenvalue weighted by Gasteiger charge is -2.21. The Hall–Kier alpha value is -2.60. The van der Waals surface area contributed by atoms with Gasteiger partial charge in [-0.05, 0) is 50.6 Å². The minimum Gasteiger partial charge on any atom is -0.385 e. The van der Waals surface area contributed by atoms with E-state index in [1.807, 2.05) is 24.3 Å². The first kappa shape index (κ1) is 19.7. The van der Waals surface area contributed by atoms with Crippen LogP contribution in [0.15, 0.2) is 42.7 Å². The normalized spacial score (nSPS) is 10.4. The van der Waals surface area contributed by atoms with E-state index in [1.54, 1.807) is 25.6 Å². The summed E-state index contributed by atoms with van der Waals surface area (Å²) in [5, 5.41) is 6.16. The fraction of sp³-hybridized carbons (Fsp3) is 0.400. The molecule has 0 fully saturated rings. The monoisotopic (exact) mass is 356 g/mol. The first-order valence-electron chi connectivity index (χ1n) is 9.02. The van der Waals surface area contributed by atoms with Crippen molar-refractivity contribution < 1.29 is 9.53 Å². The number of aromatic nitrogens is 1. The van der Waals surface area contributed by atoms with Crippen LogP contribution < -0.4 is 15.5 Å². The quantitative estimate of drug-likeness (QED) is 0.637. The number of nitrogens with one attached hydrogen (secondary N) is 2. The van der Waals surface area contributed by atoms with E-state index in [2.05, 4.69) is 34.4 Å². The maximum atomic E-state index is 12.5. The summed E-state index contributed by atoms with van der Waals surface area (Å²) in [7, 11) is 1.68. The summed E-state index contributed by atoms with van der Waals surface area (Å²) in [6.45, 7) is 7.64. The van der Waals surface area contributed by atoms with Crippen LogP contribution >= 0.6 is 0 Å². The Balaban J connectivity index is 1.96. The molecule has 0 bridgehead atoms. The molecule has 1 amide bonds. The van der Waals surface area contributed by atoms with Crippen molar-refractivity contribution in [3.05, 3.63) is 48.3 Å². The van der Waals surface area contributed by atoms with Gasteiger partial charge in [-0.1, -0.05) is 0 Å². The van der Waals surface area contributed by atoms with Gasteiger partial charge in [0.1, 0.15) is 0 Å². The molecular formula is C20H28N4O2. The van der Waals surface area contributed by atoms with Crippen molar-refractivity contribution in [3.63, 3.8) is 0 Å². The molecule has 2 N–H and O–H groups in total. The standard InChI is InChI=1S/C20H28N4O2/c1-4-24(5-2)19-9-7-17(8-10-19)23-20(25)16-13-18(15-21-14-16)22-11-6-12-26-3/h7-10,13-15,22H,4-6,11-12H2,1-3H3,(H,23,25). The number of benzene rings is 1. The fourth-order valence-electron chi connectivity index (χ4n) is 2.66. The van der Waals surface area contributed by atoms with Crippen LogP contribution in [0.5, 0.6) is 0 Å². The molecule has 0 unspecified atom stereocenters. The van der Waals surface area contributed by atoms with Crippen LogP contribution in [0, 0.1) is 0 Å². The summed E-state index contributed by atoms with van der Waals surface area (Å²) in [5.41, 5.74) is 3.27. The number of methoxy groups -OCH3 is 1. The van der Waals surface area contributed by atoms with E-state index in [9.17, 15) is 4.79 Å². The van der Waals surface area contributed by atoms with Gasteiger partial charge in [0.2, 0.25) is 0 Å². The topological polar surface area (TPSA) is 66.5 Å². The van der Waals surface area contributed by atoms with Crippen LogP contribution in [0.4, 0.5) is 17.1 Å². The zero-order valence-corrected chi connectivity index (χ0v) is 15.8. The number of carbonyl (C=O) groups excluding carboxylic acids is 1. The average Bonchev–Trinajstić information content (AvgIpc) is 2.68. The number of pyridine rings is 1. The molecular weight excluding hydrogens is 328 g/mol. The van der Waals surface area contributed by atoms with Crippen LogP contribution in [0.3, 0.4) is 0 Å². The molecule has 0 radical (unpaired) electrons. The lowest BCUT2D eigenvalue weighted by molar-refractivity contribution is 0.102. The van der Waals surface area contributed by atoms with Gasteiger partial charge in [0, 0.05) is 57.1 Å². The van der Waals surface area contributed by atoms with Gasteiger partial charge >= 0.3 is 0 Å². The molecule has 2 rings (SSSR count). The van der Waals surface area contributed by atoms with Crippen LogP contribution in [-0.2, 0) is 4.74 Å². The lowest BCUT2D eigenvalue weighted by Crippen LogP contribution is -2.21. The molecule has 0 aliphatic carbocycles. The average molecular weight is 356 g/mol. The second-order valence-electron chi connectivity index (χ2n) is 5.91. The number of rotatable bonds is 10. The summed E-state index contributed by atoms with van der Waals surface area (Å²) in [5.74, 6) is -0.173. The third kappa shape index (κ3) is 5.74. The van der Waals surface area contributed by atoms with Gasteiger partial charge in [0.15, 0.2) is 0 Å². The Morgan fingerprint density at radius 2 is 1.85 bits per heavy atom. The second kappa shape index (κ2) is 10.4. The van der Waals surface area contributed by atoms with Gasteiger partial charge in [-0.3, -0.25) is 9.78 Å². The van der Waals surface area contributed by atoms with E-state index in [1.165, 1.54) is 0 Å². The third-order valence-electron chi connectivity index (χ3n) is 4.11. The predicted octanol–water partition coefficient (Wildman–Crippen LogP) is 3.63. The smallest absolute Gasteiger partial charge is 0.257 e. The number of amides is 1. The Labute approximate surface area is 155 Å². The largest absolute Gasteiger partial charge is 0.385 e. The molecule has 0 saturated carbocycles. The molecule has 6 nitrogen and oxygen atoms in total. The van der Waals surface area contributed by atoms with Gasteiger partial charge in [0.25, 0.3) is 5.91 Å². The minimum atomic E-state index is -0.173. The zero-order chi connectivity index (χ0) is 18.8. The van der Waals surface area contributed by atoms with Gasteiger partial charge in [-0.15, -0.1) is 0 Å². The number of anilines is 3. The zero-order valence-electron chi connectivity index (χ0n) is 15.8. The first-order chi connectivity index (χ1) is 12.7. The van der Waals surface area contributed by atoms with Crippen molar-refractivity contribution in [2.45, 2.75) is 20.3 Å². The lowest BCUT2D eigenvalue weighted by atomic mass is 10.2. The SMILES string of the molecule is CCN(CC)c1ccc(NC(=O)c2cncc(NCCCOC)c2)cc1. The molecule has 1 aromatic heterocycles. The molecule has 26 heavy (non-hydrogen) atoms. The van der Waals surface area contributed by atoms with Gasteiger partial charge in [-0.2, -0.15) is 0 Å². The molecule has 0 aliphatic heterocycles. The summed E-state index contributed by atoms with van der Waals surface area (Å²) in [6.07, 6.45) is 4.17. The van der Waals surface area contributed by atoms with E-state index >= 15 is 0 Å². The van der Waals surface area contributed by atoms with Crippen molar-refractivity contribution in [1.29, 1.82) is 0 Å². The highest BCUT2D eigenvalue weighted by Crippen LogP contribution is 2.18. The Morgan fingerprint density at radius 1 is 1.12 bits per heavy atom. The number of nitrogens with zero attached hydrogens (tertiary/aromatic N) is 2. The third-order valence-corrected chi connectivity index (χ3v) is 4.11. The van der Waals surface area contributed by atoms with Crippen molar-refractivity contribution in [1.82, 2.24) is 4.98 Å². The summed E-state index contributed by atoms with van der Waals surface area (Å²) >= 11 is 0. The van der Waals surface area contributed by atoms with E-state index in [4.69, 9.17) is 4.74 Å². The van der Waals surface area contributed by atoms with Gasteiger partial charge in [-0.25, -0.2) is 0 Å². The molecule has 0 spiro atoms. The molecule has 1 aromatic carbocycles. The molecule has 1 heterocycles. The summed E-state index contributed by atoms with van der Waals surface area (Å²) in [6, 6.07) is 9.69. The van der Waals surface area contributed by atoms with Gasteiger partial charge < -0.3 is 20.3 Å². The predicted molar refractivity (Wildman–Crippen MR) is 107 cm³/mol. The number of hydrogen-bond acceptors (Lipinski definition) is 5. The van der Waals surface area contributed by atoms with E-state index in [0.29, 0.717) is 12.2 Å². The molecule has 2 aromatic rings. The maximum absolute atomic E-state index is 12.5. The minimum absolute atomic E-state index is 0.173. The van der Waals surface area contributed by atoms with Crippen LogP contribution in [0.25, 0.3) is 0 Å². The second-order valence-corrected chi connectivity index (χ2v) is 5.91. The van der Waals surface area contributed by atoms with Crippen LogP contribution in [0.2, 0.25) is 0 Å². The van der Waals surface area contributed by atoms with Crippen LogP contribution in [-0.4, -0.2) is 44.2 Å². The van der Waals surface area contributed by atoms with Crippen molar-refractivity contribution in [3.8, 4) is 0 Å². The highest BCUT2D eigenvalue weighted by molar-refractivity contribution is 6.04. The van der Waals surface area contributed by atoms with E-state index in [0.717, 1.165) is 43.1 Å². The van der Waals surface area contributed by atoms with Crippen molar-refractivity contribution in [2.75, 3.05) is 48.9 Å². The van der Waals surface area contributed by atoms with Crippen LogP contribution in [0.1, 0.15) is 30.6 Å². The summed E-state index contributed by atoms with van der Waals surface area (Å²) in [4.78, 5) is 18.9. The number of carbonyl (C=O) groups is 1. The Bertz CT molecular complexity index is 684. The molecule has 140 valence electrons. The molecule has 0 saturated heterocycles. The summed E-state index contributed by atoms with van der Waals surface area (Å²) < 4.78 is 5.02. The van der Waals surface area contributed by atoms with Crippen molar-refractivity contribution in [2.24, 2.45) is 0 Å². The van der Waals surface area contributed by atoms with E-state index < -0.39 is 0 Å².